The average molecular weight is 368 g/mol. The minimum absolute atomic E-state index is 0.0516. The summed E-state index contributed by atoms with van der Waals surface area (Å²) in [5.74, 6) is 0.778. The first-order valence-electron chi connectivity index (χ1n) is 9.24. The zero-order valence-corrected chi connectivity index (χ0v) is 15.1. The van der Waals surface area contributed by atoms with Crippen molar-refractivity contribution in [1.29, 1.82) is 0 Å². The number of aliphatic hydroxyl groups is 1. The van der Waals surface area contributed by atoms with Gasteiger partial charge < -0.3 is 25.6 Å². The normalized spacial score (nSPS) is 17.6. The number of aromatic hydroxyl groups is 1. The van der Waals surface area contributed by atoms with Crippen molar-refractivity contribution in [3.8, 4) is 11.5 Å². The summed E-state index contributed by atoms with van der Waals surface area (Å²) in [4.78, 5) is 14.6. The molecule has 0 bridgehead atoms. The van der Waals surface area contributed by atoms with E-state index in [1.165, 1.54) is 11.6 Å². The molecule has 1 spiro atoms. The zero-order valence-electron chi connectivity index (χ0n) is 15.1. The van der Waals surface area contributed by atoms with Crippen LogP contribution in [0.25, 0.3) is 0 Å². The number of rotatable bonds is 3. The molecule has 0 radical (unpaired) electrons. The highest BCUT2D eigenvalue weighted by Gasteiger charge is 2.43. The number of ether oxygens (including phenoxy) is 1. The molecule has 2 aromatic rings. The number of hydrogen-bond acceptors (Lipinski definition) is 5. The van der Waals surface area contributed by atoms with Crippen molar-refractivity contribution in [1.82, 2.24) is 4.90 Å². The fourth-order valence-electron chi connectivity index (χ4n) is 4.10. The van der Waals surface area contributed by atoms with E-state index in [0.29, 0.717) is 37.4 Å². The van der Waals surface area contributed by atoms with Gasteiger partial charge in [0, 0.05) is 41.7 Å². The highest BCUT2D eigenvalue weighted by molar-refractivity contribution is 5.94. The molecule has 0 saturated carbocycles. The summed E-state index contributed by atoms with van der Waals surface area (Å²) in [6.45, 7) is 2.16. The van der Waals surface area contributed by atoms with Crippen LogP contribution >= 0.6 is 0 Å². The SMILES string of the molecule is NCc1ccc2c(c1)C1(CCN(C(=O)c3ccc(CO)c(O)c3)CC1)CO2. The van der Waals surface area contributed by atoms with Gasteiger partial charge in [-0.15, -0.1) is 0 Å². The molecule has 1 fully saturated rings. The monoisotopic (exact) mass is 368 g/mol. The number of amides is 1. The van der Waals surface area contributed by atoms with Crippen molar-refractivity contribution in [2.75, 3.05) is 19.7 Å². The molecular formula is C21H24N2O4. The maximum Gasteiger partial charge on any atom is 0.253 e. The number of piperidine rings is 1. The van der Waals surface area contributed by atoms with Crippen LogP contribution in [0.3, 0.4) is 0 Å². The third kappa shape index (κ3) is 3.05. The largest absolute Gasteiger partial charge is 0.508 e. The van der Waals surface area contributed by atoms with E-state index < -0.39 is 0 Å². The summed E-state index contributed by atoms with van der Waals surface area (Å²) in [5.41, 5.74) is 8.90. The molecule has 0 unspecified atom stereocenters. The molecule has 0 atom stereocenters. The predicted octanol–water partition coefficient (Wildman–Crippen LogP) is 1.91. The average Bonchev–Trinajstić information content (AvgIpc) is 3.05. The Morgan fingerprint density at radius 1 is 1.19 bits per heavy atom. The molecule has 2 aliphatic heterocycles. The summed E-state index contributed by atoms with van der Waals surface area (Å²) in [6.07, 6.45) is 1.67. The van der Waals surface area contributed by atoms with Crippen molar-refractivity contribution in [3.05, 3.63) is 58.7 Å². The maximum absolute atomic E-state index is 12.8. The molecule has 4 rings (SSSR count). The lowest BCUT2D eigenvalue weighted by atomic mass is 9.74. The van der Waals surface area contributed by atoms with Gasteiger partial charge in [-0.3, -0.25) is 4.79 Å². The third-order valence-electron chi connectivity index (χ3n) is 5.87. The number of aliphatic hydroxyl groups excluding tert-OH is 1. The van der Waals surface area contributed by atoms with Gasteiger partial charge in [0.25, 0.3) is 5.91 Å². The standard InChI is InChI=1S/C21H24N2O4/c22-11-14-1-4-19-17(9-14)21(13-27-19)5-7-23(8-6-21)20(26)15-2-3-16(12-24)18(25)10-15/h1-4,9-10,24-25H,5-8,11-13,22H2. The van der Waals surface area contributed by atoms with Crippen molar-refractivity contribution in [2.24, 2.45) is 5.73 Å². The third-order valence-corrected chi connectivity index (χ3v) is 5.87. The number of fused-ring (bicyclic) bond motifs is 2. The van der Waals surface area contributed by atoms with Gasteiger partial charge in [0.1, 0.15) is 11.5 Å². The highest BCUT2D eigenvalue weighted by atomic mass is 16.5. The highest BCUT2D eigenvalue weighted by Crippen LogP contribution is 2.46. The van der Waals surface area contributed by atoms with Gasteiger partial charge in [-0.2, -0.15) is 0 Å². The molecule has 142 valence electrons. The molecule has 6 heteroatoms. The Balaban J connectivity index is 1.50. The van der Waals surface area contributed by atoms with Gasteiger partial charge in [0.05, 0.1) is 13.2 Å². The second kappa shape index (κ2) is 6.87. The van der Waals surface area contributed by atoms with Crippen LogP contribution in [-0.4, -0.2) is 40.7 Å². The summed E-state index contributed by atoms with van der Waals surface area (Å²) in [7, 11) is 0. The maximum atomic E-state index is 12.8. The Kier molecular flexibility index (Phi) is 4.53. The molecule has 1 saturated heterocycles. The second-order valence-corrected chi connectivity index (χ2v) is 7.40. The fourth-order valence-corrected chi connectivity index (χ4v) is 4.10. The molecule has 0 aliphatic carbocycles. The molecular weight excluding hydrogens is 344 g/mol. The molecule has 2 aromatic carbocycles. The first-order valence-corrected chi connectivity index (χ1v) is 9.24. The predicted molar refractivity (Wildman–Crippen MR) is 101 cm³/mol. The minimum Gasteiger partial charge on any atom is -0.508 e. The van der Waals surface area contributed by atoms with Crippen molar-refractivity contribution in [3.63, 3.8) is 0 Å². The number of carbonyl (C=O) groups is 1. The van der Waals surface area contributed by atoms with E-state index >= 15 is 0 Å². The van der Waals surface area contributed by atoms with Gasteiger partial charge >= 0.3 is 0 Å². The van der Waals surface area contributed by atoms with Gasteiger partial charge in [-0.25, -0.2) is 0 Å². The van der Waals surface area contributed by atoms with E-state index in [9.17, 15) is 9.90 Å². The Morgan fingerprint density at radius 3 is 2.63 bits per heavy atom. The summed E-state index contributed by atoms with van der Waals surface area (Å²) in [6, 6.07) is 10.8. The van der Waals surface area contributed by atoms with E-state index in [4.69, 9.17) is 15.6 Å². The van der Waals surface area contributed by atoms with Crippen LogP contribution in [0.4, 0.5) is 0 Å². The topological polar surface area (TPSA) is 96.0 Å². The molecule has 1 amide bonds. The van der Waals surface area contributed by atoms with Crippen molar-refractivity contribution < 1.29 is 19.7 Å². The molecule has 27 heavy (non-hydrogen) atoms. The van der Waals surface area contributed by atoms with E-state index in [1.807, 2.05) is 17.0 Å². The minimum atomic E-state index is -0.253. The van der Waals surface area contributed by atoms with Crippen LogP contribution in [0.5, 0.6) is 11.5 Å². The van der Waals surface area contributed by atoms with Crippen LogP contribution in [0, 0.1) is 0 Å². The van der Waals surface area contributed by atoms with Gasteiger partial charge in [-0.1, -0.05) is 18.2 Å². The summed E-state index contributed by atoms with van der Waals surface area (Å²) >= 11 is 0. The number of nitrogens with two attached hydrogens (primary N) is 1. The van der Waals surface area contributed by atoms with E-state index in [0.717, 1.165) is 24.2 Å². The molecule has 2 aliphatic rings. The summed E-state index contributed by atoms with van der Waals surface area (Å²) in [5, 5.41) is 19.1. The molecule has 2 heterocycles. The van der Waals surface area contributed by atoms with E-state index in [1.54, 1.807) is 12.1 Å². The van der Waals surface area contributed by atoms with Crippen molar-refractivity contribution in [2.45, 2.75) is 31.4 Å². The van der Waals surface area contributed by atoms with E-state index in [2.05, 4.69) is 6.07 Å². The smallest absolute Gasteiger partial charge is 0.253 e. The lowest BCUT2D eigenvalue weighted by Crippen LogP contribution is -2.46. The van der Waals surface area contributed by atoms with Crippen LogP contribution in [-0.2, 0) is 18.6 Å². The molecule has 0 aromatic heterocycles. The Morgan fingerprint density at radius 2 is 1.96 bits per heavy atom. The first-order chi connectivity index (χ1) is 13.1. The van der Waals surface area contributed by atoms with Crippen LogP contribution in [0.1, 0.15) is 39.9 Å². The Hall–Kier alpha value is -2.57. The van der Waals surface area contributed by atoms with Crippen LogP contribution in [0.15, 0.2) is 36.4 Å². The Bertz CT molecular complexity index is 872. The van der Waals surface area contributed by atoms with Gasteiger partial charge in [0.2, 0.25) is 0 Å². The second-order valence-electron chi connectivity index (χ2n) is 7.40. The lowest BCUT2D eigenvalue weighted by molar-refractivity contribution is 0.0646. The lowest BCUT2D eigenvalue weighted by Gasteiger charge is -2.38. The number of likely N-dealkylation sites (tertiary alicyclic amines) is 1. The van der Waals surface area contributed by atoms with Gasteiger partial charge in [0.15, 0.2) is 0 Å². The number of hydrogen-bond donors (Lipinski definition) is 3. The van der Waals surface area contributed by atoms with Gasteiger partial charge in [-0.05, 0) is 36.6 Å². The first kappa shape index (κ1) is 17.8. The number of carbonyl (C=O) groups excluding carboxylic acids is 1. The Labute approximate surface area is 158 Å². The quantitative estimate of drug-likeness (QED) is 0.769. The summed E-state index contributed by atoms with van der Waals surface area (Å²) < 4.78 is 5.91. The fraction of sp³-hybridized carbons (Fsp3) is 0.381. The van der Waals surface area contributed by atoms with Crippen LogP contribution < -0.4 is 10.5 Å². The number of benzene rings is 2. The number of nitrogens with zero attached hydrogens (tertiary/aromatic N) is 1. The molecule has 6 nitrogen and oxygen atoms in total. The van der Waals surface area contributed by atoms with Crippen LogP contribution in [0.2, 0.25) is 0 Å². The zero-order chi connectivity index (χ0) is 19.0. The number of phenols is 1. The molecule has 4 N–H and O–H groups in total. The van der Waals surface area contributed by atoms with E-state index in [-0.39, 0.29) is 23.7 Å². The van der Waals surface area contributed by atoms with Crippen molar-refractivity contribution >= 4 is 5.91 Å².